The molecular weight excluding hydrogens is 384 g/mol. The number of esters is 1. The van der Waals surface area contributed by atoms with Gasteiger partial charge in [-0.05, 0) is 24.3 Å². The molecule has 0 aliphatic heterocycles. The molecule has 148 valence electrons. The van der Waals surface area contributed by atoms with Crippen LogP contribution in [-0.2, 0) is 20.9 Å². The lowest BCUT2D eigenvalue weighted by Gasteiger charge is -2.15. The average Bonchev–Trinajstić information content (AvgIpc) is 3.18. The smallest absolute Gasteiger partial charge is 0.331 e. The first-order chi connectivity index (χ1) is 13.4. The van der Waals surface area contributed by atoms with Gasteiger partial charge in [-0.25, -0.2) is 4.79 Å². The zero-order valence-electron chi connectivity index (χ0n) is 15.1. The Morgan fingerprint density at radius 3 is 2.46 bits per heavy atom. The number of thiophene rings is 1. The first kappa shape index (κ1) is 21.3. The van der Waals surface area contributed by atoms with Crippen LogP contribution in [0.5, 0.6) is 0 Å². The maximum atomic E-state index is 12.2. The highest BCUT2D eigenvalue weighted by atomic mass is 32.1. The second-order valence-corrected chi connectivity index (χ2v) is 6.95. The second kappa shape index (κ2) is 10.3. The highest BCUT2D eigenvalue weighted by molar-refractivity contribution is 7.14. The molecule has 3 N–H and O–H groups in total. The molecule has 1 aromatic carbocycles. The topological polar surface area (TPSA) is 122 Å². The van der Waals surface area contributed by atoms with E-state index in [4.69, 9.17) is 4.74 Å². The van der Waals surface area contributed by atoms with Gasteiger partial charge in [0.25, 0.3) is 5.91 Å². The van der Waals surface area contributed by atoms with Gasteiger partial charge < -0.3 is 20.5 Å². The van der Waals surface area contributed by atoms with Crippen LogP contribution in [0.2, 0.25) is 0 Å². The van der Waals surface area contributed by atoms with Crippen molar-refractivity contribution >= 4 is 34.9 Å². The Bertz CT molecular complexity index is 849. The minimum Gasteiger partial charge on any atom is -0.456 e. The number of carbonyl (C=O) groups excluding carboxylic acids is 4. The van der Waals surface area contributed by atoms with Crippen LogP contribution in [-0.4, -0.2) is 47.9 Å². The summed E-state index contributed by atoms with van der Waals surface area (Å²) in [6.45, 7) is 0.528. The summed E-state index contributed by atoms with van der Waals surface area (Å²) in [4.78, 5) is 48.4. The molecule has 8 nitrogen and oxygen atoms in total. The van der Waals surface area contributed by atoms with Crippen molar-refractivity contribution in [1.29, 1.82) is 0 Å². The van der Waals surface area contributed by atoms with Gasteiger partial charge in [0.1, 0.15) is 0 Å². The lowest BCUT2D eigenvalue weighted by Crippen LogP contribution is -2.44. The van der Waals surface area contributed by atoms with Gasteiger partial charge in [0.15, 0.2) is 12.6 Å². The van der Waals surface area contributed by atoms with Crippen LogP contribution < -0.4 is 10.6 Å². The van der Waals surface area contributed by atoms with Crippen LogP contribution >= 0.6 is 11.3 Å². The number of hydrogen-bond acceptors (Lipinski definition) is 7. The van der Waals surface area contributed by atoms with Crippen LogP contribution in [0.25, 0.3) is 0 Å². The molecule has 0 aliphatic carbocycles. The van der Waals surface area contributed by atoms with Crippen molar-refractivity contribution in [3.05, 3.63) is 57.8 Å². The fourth-order valence-corrected chi connectivity index (χ4v) is 3.02. The lowest BCUT2D eigenvalue weighted by atomic mass is 10.2. The second-order valence-electron chi connectivity index (χ2n) is 5.78. The Morgan fingerprint density at radius 1 is 1.11 bits per heavy atom. The summed E-state index contributed by atoms with van der Waals surface area (Å²) in [6, 6.07) is 10.2. The van der Waals surface area contributed by atoms with E-state index in [1.165, 1.54) is 18.3 Å². The maximum absolute atomic E-state index is 12.2. The Hall–Kier alpha value is -3.04. The summed E-state index contributed by atoms with van der Waals surface area (Å²) in [5.41, 5.74) is 0.329. The van der Waals surface area contributed by atoms with E-state index in [1.807, 2.05) is 0 Å². The monoisotopic (exact) mass is 404 g/mol. The van der Waals surface area contributed by atoms with E-state index in [0.717, 1.165) is 4.88 Å². The van der Waals surface area contributed by atoms with Crippen molar-refractivity contribution < 1.29 is 29.0 Å². The van der Waals surface area contributed by atoms with Gasteiger partial charge in [-0.2, -0.15) is 0 Å². The number of ketones is 1. The van der Waals surface area contributed by atoms with Gasteiger partial charge in [-0.1, -0.05) is 18.2 Å². The highest BCUT2D eigenvalue weighted by Crippen LogP contribution is 2.17. The van der Waals surface area contributed by atoms with E-state index in [0.29, 0.717) is 17.0 Å². The van der Waals surface area contributed by atoms with Crippen molar-refractivity contribution in [2.24, 2.45) is 0 Å². The van der Waals surface area contributed by atoms with Crippen LogP contribution in [0.1, 0.15) is 31.8 Å². The summed E-state index contributed by atoms with van der Waals surface area (Å²) in [6.07, 6.45) is 0. The Balaban J connectivity index is 1.86. The van der Waals surface area contributed by atoms with Gasteiger partial charge in [-0.15, -0.1) is 11.3 Å². The maximum Gasteiger partial charge on any atom is 0.331 e. The number of benzene rings is 1. The number of aliphatic hydroxyl groups is 1. The molecule has 1 aromatic heterocycles. The molecule has 0 aliphatic rings. The zero-order valence-corrected chi connectivity index (χ0v) is 16.0. The molecule has 0 spiro atoms. The highest BCUT2D eigenvalue weighted by Gasteiger charge is 2.23. The molecule has 0 bridgehead atoms. The van der Waals surface area contributed by atoms with E-state index in [2.05, 4.69) is 10.6 Å². The Kier molecular flexibility index (Phi) is 7.85. The largest absolute Gasteiger partial charge is 0.456 e. The molecule has 1 atom stereocenters. The molecule has 0 saturated carbocycles. The third-order valence-corrected chi connectivity index (χ3v) is 4.73. The molecule has 1 heterocycles. The van der Waals surface area contributed by atoms with E-state index >= 15 is 0 Å². The van der Waals surface area contributed by atoms with E-state index in [-0.39, 0.29) is 5.91 Å². The summed E-state index contributed by atoms with van der Waals surface area (Å²) >= 11 is 1.18. The van der Waals surface area contributed by atoms with Crippen molar-refractivity contribution in [2.45, 2.75) is 19.5 Å². The number of aliphatic hydroxyl groups excluding tert-OH is 1. The fraction of sp³-hybridized carbons (Fsp3) is 0.263. The zero-order chi connectivity index (χ0) is 20.5. The SMILES string of the molecule is CC(=O)NCc1ccc(C(=O)COC(=O)C(CO)NC(=O)c2ccccc2)s1. The molecule has 2 amide bonds. The molecular formula is C19H20N2O6S. The molecule has 1 unspecified atom stereocenters. The molecule has 2 rings (SSSR count). The first-order valence-electron chi connectivity index (χ1n) is 8.40. The summed E-state index contributed by atoms with van der Waals surface area (Å²) in [7, 11) is 0. The number of carbonyl (C=O) groups is 4. The predicted molar refractivity (Wildman–Crippen MR) is 102 cm³/mol. The predicted octanol–water partition coefficient (Wildman–Crippen LogP) is 0.901. The fourth-order valence-electron chi connectivity index (χ4n) is 2.15. The van der Waals surface area contributed by atoms with Crippen LogP contribution in [0.4, 0.5) is 0 Å². The molecule has 2 aromatic rings. The van der Waals surface area contributed by atoms with Crippen molar-refractivity contribution in [3.8, 4) is 0 Å². The van der Waals surface area contributed by atoms with Crippen molar-refractivity contribution in [2.75, 3.05) is 13.2 Å². The standard InChI is InChI=1S/C19H20N2O6S/c1-12(23)20-9-14-7-8-17(28-14)16(24)11-27-19(26)15(10-22)21-18(25)13-5-3-2-4-6-13/h2-8,15,22H,9-11H2,1H3,(H,20,23)(H,21,25). The molecule has 9 heteroatoms. The minimum atomic E-state index is -1.28. The Labute approximate surface area is 165 Å². The molecule has 0 saturated heterocycles. The van der Waals surface area contributed by atoms with Crippen LogP contribution in [0.3, 0.4) is 0 Å². The first-order valence-corrected chi connectivity index (χ1v) is 9.22. The van der Waals surface area contributed by atoms with Gasteiger partial charge in [0.05, 0.1) is 18.0 Å². The minimum absolute atomic E-state index is 0.178. The normalized spacial score (nSPS) is 11.4. The molecule has 28 heavy (non-hydrogen) atoms. The van der Waals surface area contributed by atoms with Gasteiger partial charge in [0.2, 0.25) is 11.7 Å². The van der Waals surface area contributed by atoms with Gasteiger partial charge in [-0.3, -0.25) is 14.4 Å². The number of ether oxygens (including phenoxy) is 1. The third-order valence-electron chi connectivity index (χ3n) is 3.60. The van der Waals surface area contributed by atoms with Crippen molar-refractivity contribution in [1.82, 2.24) is 10.6 Å². The number of hydrogen-bond donors (Lipinski definition) is 3. The lowest BCUT2D eigenvalue weighted by molar-refractivity contribution is -0.145. The van der Waals surface area contributed by atoms with Crippen LogP contribution in [0.15, 0.2) is 42.5 Å². The number of Topliss-reactive ketones (excluding diaryl/α,β-unsaturated/α-hetero) is 1. The van der Waals surface area contributed by atoms with Gasteiger partial charge >= 0.3 is 5.97 Å². The number of rotatable bonds is 9. The summed E-state index contributed by atoms with van der Waals surface area (Å²) in [5, 5.41) is 14.3. The average molecular weight is 404 g/mol. The quantitative estimate of drug-likeness (QED) is 0.422. The van der Waals surface area contributed by atoms with E-state index in [9.17, 15) is 24.3 Å². The number of amides is 2. The third kappa shape index (κ3) is 6.29. The summed E-state index contributed by atoms with van der Waals surface area (Å²) < 4.78 is 4.93. The van der Waals surface area contributed by atoms with Crippen molar-refractivity contribution in [3.63, 3.8) is 0 Å². The molecule has 0 radical (unpaired) electrons. The molecule has 0 fully saturated rings. The van der Waals surface area contributed by atoms with Crippen LogP contribution in [0, 0.1) is 0 Å². The van der Waals surface area contributed by atoms with E-state index < -0.39 is 36.9 Å². The summed E-state index contributed by atoms with van der Waals surface area (Å²) in [5.74, 6) is -2.04. The Morgan fingerprint density at radius 2 is 1.82 bits per heavy atom. The van der Waals surface area contributed by atoms with Gasteiger partial charge in [0, 0.05) is 17.4 Å². The number of nitrogens with one attached hydrogen (secondary N) is 2. The van der Waals surface area contributed by atoms with E-state index in [1.54, 1.807) is 42.5 Å².